The van der Waals surface area contributed by atoms with Crippen molar-refractivity contribution in [2.45, 2.75) is 53.0 Å². The number of alkyl halides is 14. The average molecular weight is 406 g/mol. The van der Waals surface area contributed by atoms with Crippen molar-refractivity contribution in [2.75, 3.05) is 0 Å². The lowest BCUT2D eigenvalue weighted by Crippen LogP contribution is -2.93. The molecule has 14 heteroatoms. The van der Waals surface area contributed by atoms with E-state index in [9.17, 15) is 57.1 Å². The summed E-state index contributed by atoms with van der Waals surface area (Å²) in [5, 5.41) is -5.64. The van der Waals surface area contributed by atoms with Crippen LogP contribution in [-0.2, 0) is 0 Å². The number of hydrogen-bond donors (Lipinski definition) is 0. The molecule has 0 aromatic heterocycles. The van der Waals surface area contributed by atoms with Gasteiger partial charge in [0, 0.05) is 0 Å². The Morgan fingerprint density at radius 2 is 0.792 bits per heavy atom. The van der Waals surface area contributed by atoms with Crippen LogP contribution >= 0.6 is 11.6 Å². The fourth-order valence-electron chi connectivity index (χ4n) is 2.71. The maximum atomic E-state index is 14.1. The molecule has 0 aromatic rings. The molecule has 0 saturated heterocycles. The highest BCUT2D eigenvalue weighted by Gasteiger charge is 3.07. The third-order valence-electron chi connectivity index (χ3n) is 4.34. The Hall–Kier alpha value is -0.620. The molecule has 2 atom stereocenters. The van der Waals surface area contributed by atoms with Crippen LogP contribution in [-0.4, -0.2) is 46.1 Å². The molecule has 0 aromatic carbocycles. The first-order chi connectivity index (χ1) is 10.2. The molecular weight excluding hydrogens is 403 g/mol. The monoisotopic (exact) mass is 405 g/mol. The van der Waals surface area contributed by atoms with E-state index >= 15 is 0 Å². The minimum absolute atomic E-state index is 0.684. The summed E-state index contributed by atoms with van der Waals surface area (Å²) in [7, 11) is 0. The predicted octanol–water partition coefficient (Wildman–Crippen LogP) is 5.11. The molecule has 0 N–H and O–H groups in total. The fraction of sp³-hybridized carbons (Fsp3) is 0.900. The second kappa shape index (κ2) is 4.03. The van der Waals surface area contributed by atoms with Crippen LogP contribution < -0.4 is 0 Å². The van der Waals surface area contributed by atoms with E-state index in [1.54, 1.807) is 0 Å². The van der Waals surface area contributed by atoms with Crippen molar-refractivity contribution in [1.82, 2.24) is 0 Å². The molecule has 2 aliphatic rings. The van der Waals surface area contributed by atoms with E-state index < -0.39 is 58.9 Å². The van der Waals surface area contributed by atoms with Gasteiger partial charge in [-0.05, 0) is 0 Å². The number of rotatable bonds is 2. The summed E-state index contributed by atoms with van der Waals surface area (Å²) in [6.07, 6.45) is 0. The number of hydrogen-bond acceptors (Lipinski definition) is 0. The predicted molar refractivity (Wildman–Crippen MR) is 51.0 cm³/mol. The first-order valence-corrected chi connectivity index (χ1v) is 6.02. The van der Waals surface area contributed by atoms with E-state index in [-0.39, 0.29) is 0 Å². The highest BCUT2D eigenvalue weighted by molar-refractivity contribution is 6.26. The van der Waals surface area contributed by atoms with Gasteiger partial charge in [-0.2, -0.15) is 43.9 Å². The van der Waals surface area contributed by atoms with Crippen molar-refractivity contribution < 1.29 is 57.1 Å². The molecule has 2 aliphatic carbocycles. The van der Waals surface area contributed by atoms with Gasteiger partial charge in [0.1, 0.15) is 0 Å². The first-order valence-electron chi connectivity index (χ1n) is 5.65. The van der Waals surface area contributed by atoms with E-state index in [2.05, 4.69) is 11.6 Å². The van der Waals surface area contributed by atoms with Crippen LogP contribution in [0.1, 0.15) is 6.92 Å². The molecular formula is C10H3ClF13. The largest absolute Gasteiger partial charge is 0.379 e. The van der Waals surface area contributed by atoms with Gasteiger partial charge in [-0.25, -0.2) is 13.2 Å². The van der Waals surface area contributed by atoms with Gasteiger partial charge in [0.05, 0.1) is 5.92 Å². The van der Waals surface area contributed by atoms with Crippen LogP contribution in [0.2, 0.25) is 0 Å². The van der Waals surface area contributed by atoms with E-state index in [0.717, 1.165) is 0 Å². The number of halogens is 14. The lowest BCUT2D eigenvalue weighted by molar-refractivity contribution is -0.482. The molecule has 0 heterocycles. The summed E-state index contributed by atoms with van der Waals surface area (Å²) in [5.74, 6) is -35.3. The van der Waals surface area contributed by atoms with E-state index in [4.69, 9.17) is 0 Å². The van der Waals surface area contributed by atoms with E-state index in [1.165, 1.54) is 0 Å². The molecule has 0 amide bonds. The van der Waals surface area contributed by atoms with Crippen molar-refractivity contribution in [1.29, 1.82) is 0 Å². The third-order valence-corrected chi connectivity index (χ3v) is 4.84. The van der Waals surface area contributed by atoms with E-state index in [1.807, 2.05) is 0 Å². The van der Waals surface area contributed by atoms with Gasteiger partial charge < -0.3 is 0 Å². The molecule has 0 aliphatic heterocycles. The SMILES string of the molecule is C[C](C1(F)C(F)(F)C(F)(F)C1(F)F)C1(F)C(F)(F)C(F)(F)C1(F)Cl. The third kappa shape index (κ3) is 1.28. The molecule has 1 radical (unpaired) electrons. The van der Waals surface area contributed by atoms with Gasteiger partial charge in [0.15, 0.2) is 0 Å². The Morgan fingerprint density at radius 3 is 1.08 bits per heavy atom. The Balaban J connectivity index is 2.64. The van der Waals surface area contributed by atoms with Crippen LogP contribution in [0, 0.1) is 5.92 Å². The van der Waals surface area contributed by atoms with Gasteiger partial charge >= 0.3 is 29.6 Å². The van der Waals surface area contributed by atoms with Crippen molar-refractivity contribution in [2.24, 2.45) is 0 Å². The molecule has 0 spiro atoms. The molecule has 2 saturated carbocycles. The Bertz CT molecular complexity index is 493. The minimum Gasteiger partial charge on any atom is -0.231 e. The van der Waals surface area contributed by atoms with Crippen LogP contribution in [0.5, 0.6) is 0 Å². The zero-order chi connectivity index (χ0) is 19.6. The molecule has 2 rings (SSSR count). The van der Waals surface area contributed by atoms with Gasteiger partial charge in [0.25, 0.3) is 10.8 Å². The first kappa shape index (κ1) is 19.7. The summed E-state index contributed by atoms with van der Waals surface area (Å²) in [4.78, 5) is 0. The van der Waals surface area contributed by atoms with E-state index in [0.29, 0.717) is 0 Å². The van der Waals surface area contributed by atoms with Crippen molar-refractivity contribution >= 4 is 11.6 Å². The lowest BCUT2D eigenvalue weighted by atomic mass is 9.53. The van der Waals surface area contributed by atoms with Crippen molar-refractivity contribution in [3.05, 3.63) is 5.92 Å². The van der Waals surface area contributed by atoms with Crippen LogP contribution in [0.25, 0.3) is 0 Å². The van der Waals surface area contributed by atoms with Crippen LogP contribution in [0.4, 0.5) is 57.1 Å². The van der Waals surface area contributed by atoms with Gasteiger partial charge in [-0.3, -0.25) is 0 Å². The van der Waals surface area contributed by atoms with Crippen molar-refractivity contribution in [3.63, 3.8) is 0 Å². The Labute approximate surface area is 128 Å². The smallest absolute Gasteiger partial charge is 0.231 e. The summed E-state index contributed by atoms with van der Waals surface area (Å²) in [5.41, 5.74) is -12.1. The summed E-state index contributed by atoms with van der Waals surface area (Å²) in [6, 6.07) is 0. The zero-order valence-corrected chi connectivity index (χ0v) is 11.5. The van der Waals surface area contributed by atoms with Crippen LogP contribution in [0.3, 0.4) is 0 Å². The topological polar surface area (TPSA) is 0 Å². The highest BCUT2D eigenvalue weighted by atomic mass is 35.5. The second-order valence-electron chi connectivity index (χ2n) is 5.39. The fourth-order valence-corrected chi connectivity index (χ4v) is 3.09. The molecule has 0 nitrogen and oxygen atoms in total. The van der Waals surface area contributed by atoms with Gasteiger partial charge in [-0.1, -0.05) is 18.5 Å². The maximum Gasteiger partial charge on any atom is 0.379 e. The van der Waals surface area contributed by atoms with Crippen LogP contribution in [0.15, 0.2) is 0 Å². The second-order valence-corrected chi connectivity index (χ2v) is 5.91. The summed E-state index contributed by atoms with van der Waals surface area (Å²) in [6.45, 7) is -0.684. The van der Waals surface area contributed by atoms with Gasteiger partial charge in [0.2, 0.25) is 5.67 Å². The zero-order valence-electron chi connectivity index (χ0n) is 10.8. The molecule has 2 unspecified atom stereocenters. The summed E-state index contributed by atoms with van der Waals surface area (Å²) >= 11 is 4.19. The standard InChI is InChI=1S/C10H3ClF13/c1-2(3(12)5(11,14)9(21,22)6(3,15)16)4(13)7(17,18)10(23,24)8(4,19)20/h1H3. The van der Waals surface area contributed by atoms with Crippen molar-refractivity contribution in [3.8, 4) is 0 Å². The average Bonchev–Trinajstić information content (AvgIpc) is 2.41. The highest BCUT2D eigenvalue weighted by Crippen LogP contribution is 2.79. The summed E-state index contributed by atoms with van der Waals surface area (Å²) < 4.78 is 171. The minimum atomic E-state index is -6.50. The quantitative estimate of drug-likeness (QED) is 0.443. The molecule has 141 valence electrons. The molecule has 2 fully saturated rings. The van der Waals surface area contributed by atoms with Gasteiger partial charge in [-0.15, -0.1) is 0 Å². The molecule has 0 bridgehead atoms. The normalized spacial score (nSPS) is 43.0. The maximum absolute atomic E-state index is 14.1. The molecule has 24 heavy (non-hydrogen) atoms. The Morgan fingerprint density at radius 1 is 0.500 bits per heavy atom. The Kier molecular flexibility index (Phi) is 3.31. The lowest BCUT2D eigenvalue weighted by Gasteiger charge is -2.63.